The van der Waals surface area contributed by atoms with Crippen LogP contribution in [0.3, 0.4) is 0 Å². The van der Waals surface area contributed by atoms with Crippen molar-refractivity contribution in [2.45, 2.75) is 44.9 Å². The van der Waals surface area contributed by atoms with E-state index in [9.17, 15) is 10.1 Å². The van der Waals surface area contributed by atoms with Crippen LogP contribution in [0.2, 0.25) is 0 Å². The fourth-order valence-electron chi connectivity index (χ4n) is 3.12. The highest BCUT2D eigenvalue weighted by atomic mass is 16.6. The molecule has 1 saturated carbocycles. The van der Waals surface area contributed by atoms with E-state index < -0.39 is 0 Å². The third kappa shape index (κ3) is 2.62. The number of benzene rings is 1. The maximum absolute atomic E-state index is 10.9. The molecule has 116 valence electrons. The average Bonchev–Trinajstić information content (AvgIpc) is 2.86. The summed E-state index contributed by atoms with van der Waals surface area (Å²) in [6.45, 7) is 4.41. The summed E-state index contributed by atoms with van der Waals surface area (Å²) in [6.07, 6.45) is 3.14. The van der Waals surface area contributed by atoms with Crippen molar-refractivity contribution in [1.29, 1.82) is 0 Å². The fraction of sp³-hybridized carbons (Fsp3) is 0.438. The maximum atomic E-state index is 10.9. The molecule has 0 atom stereocenters. The molecular weight excluding hydrogens is 282 g/mol. The van der Waals surface area contributed by atoms with Crippen LogP contribution in [0.5, 0.6) is 0 Å². The molecule has 0 radical (unpaired) electrons. The van der Waals surface area contributed by atoms with Crippen LogP contribution in [0.1, 0.15) is 31.0 Å². The molecule has 22 heavy (non-hydrogen) atoms. The van der Waals surface area contributed by atoms with Gasteiger partial charge in [-0.15, -0.1) is 0 Å². The van der Waals surface area contributed by atoms with E-state index in [4.69, 9.17) is 4.74 Å². The van der Waals surface area contributed by atoms with Crippen molar-refractivity contribution >= 4 is 5.69 Å². The van der Waals surface area contributed by atoms with Gasteiger partial charge in [-0.05, 0) is 32.3 Å². The monoisotopic (exact) mass is 301 g/mol. The van der Waals surface area contributed by atoms with Gasteiger partial charge in [0, 0.05) is 0 Å². The van der Waals surface area contributed by atoms with Crippen molar-refractivity contribution < 1.29 is 9.66 Å². The van der Waals surface area contributed by atoms with Gasteiger partial charge in [-0.25, -0.2) is 0 Å². The van der Waals surface area contributed by atoms with Crippen LogP contribution < -0.4 is 0 Å². The van der Waals surface area contributed by atoms with Gasteiger partial charge < -0.3 is 4.74 Å². The molecule has 3 rings (SSSR count). The van der Waals surface area contributed by atoms with Crippen molar-refractivity contribution in [3.63, 3.8) is 0 Å². The zero-order chi connectivity index (χ0) is 15.7. The molecule has 0 aliphatic heterocycles. The van der Waals surface area contributed by atoms with E-state index in [1.165, 1.54) is 6.20 Å². The van der Waals surface area contributed by atoms with Gasteiger partial charge in [0.1, 0.15) is 11.9 Å². The first kappa shape index (κ1) is 14.7. The Labute approximate surface area is 128 Å². The minimum absolute atomic E-state index is 0.0786. The van der Waals surface area contributed by atoms with Gasteiger partial charge in [0.15, 0.2) is 0 Å². The van der Waals surface area contributed by atoms with Gasteiger partial charge in [0.25, 0.3) is 0 Å². The molecule has 1 heterocycles. The minimum atomic E-state index is -0.385. The highest BCUT2D eigenvalue weighted by molar-refractivity contribution is 5.32. The van der Waals surface area contributed by atoms with E-state index >= 15 is 0 Å². The molecular formula is C16H19N3O3. The summed E-state index contributed by atoms with van der Waals surface area (Å²) in [6, 6.07) is 10.1. The lowest BCUT2D eigenvalue weighted by molar-refractivity contribution is -0.385. The van der Waals surface area contributed by atoms with Crippen LogP contribution in [0.25, 0.3) is 0 Å². The van der Waals surface area contributed by atoms with E-state index in [0.29, 0.717) is 12.3 Å². The van der Waals surface area contributed by atoms with Crippen molar-refractivity contribution in [3.05, 3.63) is 57.9 Å². The van der Waals surface area contributed by atoms with Crippen molar-refractivity contribution in [2.75, 3.05) is 0 Å². The Kier molecular flexibility index (Phi) is 3.70. The molecule has 1 aromatic heterocycles. The third-order valence-corrected chi connectivity index (χ3v) is 4.36. The predicted octanol–water partition coefficient (Wildman–Crippen LogP) is 3.19. The molecule has 0 spiro atoms. The summed E-state index contributed by atoms with van der Waals surface area (Å²) in [5, 5.41) is 15.1. The van der Waals surface area contributed by atoms with Crippen molar-refractivity contribution in [1.82, 2.24) is 9.78 Å². The number of rotatable bonds is 5. The molecule has 6 nitrogen and oxygen atoms in total. The highest BCUT2D eigenvalue weighted by Crippen LogP contribution is 2.42. The lowest BCUT2D eigenvalue weighted by Gasteiger charge is -2.45. The number of aromatic nitrogens is 2. The first-order valence-electron chi connectivity index (χ1n) is 7.35. The van der Waals surface area contributed by atoms with Crippen LogP contribution in [-0.4, -0.2) is 20.8 Å². The van der Waals surface area contributed by atoms with E-state index in [1.807, 2.05) is 30.3 Å². The summed E-state index contributed by atoms with van der Waals surface area (Å²) >= 11 is 0. The summed E-state index contributed by atoms with van der Waals surface area (Å²) in [7, 11) is 0. The summed E-state index contributed by atoms with van der Waals surface area (Å²) in [5.74, 6) is 0. The van der Waals surface area contributed by atoms with Crippen molar-refractivity contribution in [2.24, 2.45) is 0 Å². The largest absolute Gasteiger partial charge is 0.373 e. The van der Waals surface area contributed by atoms with Crippen LogP contribution >= 0.6 is 0 Å². The van der Waals surface area contributed by atoms with Gasteiger partial charge in [-0.2, -0.15) is 5.10 Å². The first-order valence-corrected chi connectivity index (χ1v) is 7.35. The third-order valence-electron chi connectivity index (χ3n) is 4.36. The second kappa shape index (κ2) is 5.53. The number of nitrogens with zero attached hydrogens (tertiary/aromatic N) is 3. The minimum Gasteiger partial charge on any atom is -0.373 e. The Morgan fingerprint density at radius 1 is 1.41 bits per heavy atom. The van der Waals surface area contributed by atoms with E-state index in [2.05, 4.69) is 12.0 Å². The van der Waals surface area contributed by atoms with E-state index in [-0.39, 0.29) is 22.3 Å². The van der Waals surface area contributed by atoms with Gasteiger partial charge in [-0.1, -0.05) is 30.3 Å². The SMILES string of the molecule is Cc1c([N+](=O)[O-])cnn1C1(C)CC(OCc2ccccc2)C1. The van der Waals surface area contributed by atoms with Crippen LogP contribution in [0, 0.1) is 17.0 Å². The second-order valence-corrected chi connectivity index (χ2v) is 6.11. The summed E-state index contributed by atoms with van der Waals surface area (Å²) in [5.41, 5.74) is 1.64. The number of hydrogen-bond acceptors (Lipinski definition) is 4. The zero-order valence-corrected chi connectivity index (χ0v) is 12.7. The molecule has 0 N–H and O–H groups in total. The molecule has 1 aromatic carbocycles. The molecule has 0 saturated heterocycles. The standard InChI is InChI=1S/C16H19N3O3/c1-12-15(19(20)21)10-17-18(12)16(2)8-14(9-16)22-11-13-6-4-3-5-7-13/h3-7,10,14H,8-9,11H2,1-2H3. The maximum Gasteiger partial charge on any atom is 0.309 e. The Morgan fingerprint density at radius 3 is 2.68 bits per heavy atom. The zero-order valence-electron chi connectivity index (χ0n) is 12.7. The average molecular weight is 301 g/mol. The Balaban J connectivity index is 1.60. The van der Waals surface area contributed by atoms with Crippen LogP contribution in [-0.2, 0) is 16.9 Å². The van der Waals surface area contributed by atoms with Crippen molar-refractivity contribution in [3.8, 4) is 0 Å². The van der Waals surface area contributed by atoms with E-state index in [1.54, 1.807) is 11.6 Å². The smallest absolute Gasteiger partial charge is 0.309 e. The fourth-order valence-corrected chi connectivity index (χ4v) is 3.12. The number of ether oxygens (including phenoxy) is 1. The Morgan fingerprint density at radius 2 is 2.09 bits per heavy atom. The molecule has 1 aliphatic rings. The molecule has 6 heteroatoms. The number of hydrogen-bond donors (Lipinski definition) is 0. The predicted molar refractivity (Wildman–Crippen MR) is 81.5 cm³/mol. The van der Waals surface area contributed by atoms with Crippen LogP contribution in [0.4, 0.5) is 5.69 Å². The Bertz CT molecular complexity index is 675. The highest BCUT2D eigenvalue weighted by Gasteiger charge is 2.45. The molecule has 1 fully saturated rings. The second-order valence-electron chi connectivity index (χ2n) is 6.11. The van der Waals surface area contributed by atoms with Crippen LogP contribution in [0.15, 0.2) is 36.5 Å². The van der Waals surface area contributed by atoms with E-state index in [0.717, 1.165) is 18.4 Å². The molecule has 0 unspecified atom stereocenters. The quantitative estimate of drug-likeness (QED) is 0.628. The molecule has 1 aliphatic carbocycles. The molecule has 0 amide bonds. The normalized spacial score (nSPS) is 24.0. The molecule has 2 aromatic rings. The summed E-state index contributed by atoms with van der Waals surface area (Å²) < 4.78 is 7.67. The lowest BCUT2D eigenvalue weighted by Crippen LogP contribution is -2.49. The molecule has 0 bridgehead atoms. The first-order chi connectivity index (χ1) is 10.5. The summed E-state index contributed by atoms with van der Waals surface area (Å²) in [4.78, 5) is 10.5. The number of nitro groups is 1. The van der Waals surface area contributed by atoms with Gasteiger partial charge in [-0.3, -0.25) is 14.8 Å². The topological polar surface area (TPSA) is 70.2 Å². The van der Waals surface area contributed by atoms with Gasteiger partial charge in [0.2, 0.25) is 0 Å². The van der Waals surface area contributed by atoms with Gasteiger partial charge >= 0.3 is 5.69 Å². The lowest BCUT2D eigenvalue weighted by atomic mass is 9.75. The van der Waals surface area contributed by atoms with Gasteiger partial charge in [0.05, 0.1) is 23.2 Å². The Hall–Kier alpha value is -2.21.